The Morgan fingerprint density at radius 2 is 1.73 bits per heavy atom. The summed E-state index contributed by atoms with van der Waals surface area (Å²) in [6.45, 7) is 6.21. The molecule has 2 aromatic rings. The molecule has 78 valence electrons. The molecule has 0 N–H and O–H groups in total. The van der Waals surface area contributed by atoms with E-state index in [1.807, 2.05) is 24.3 Å². The maximum absolute atomic E-state index is 5.83. The average Bonchev–Trinajstić information content (AvgIpc) is 2.30. The molecule has 2 nitrogen and oxygen atoms in total. The van der Waals surface area contributed by atoms with E-state index in [4.69, 9.17) is 4.42 Å². The molecule has 0 saturated heterocycles. The topological polar surface area (TPSA) is 16.1 Å². The molecule has 0 aliphatic carbocycles. The molecule has 15 heavy (non-hydrogen) atoms. The van der Waals surface area contributed by atoms with Gasteiger partial charge in [-0.05, 0) is 26.0 Å². The van der Waals surface area contributed by atoms with Gasteiger partial charge in [0.1, 0.15) is 18.7 Å². The highest BCUT2D eigenvalue weighted by Gasteiger charge is 2.02. The molecule has 0 fully saturated rings. The largest absolute Gasteiger partial charge is 0.405 e. The first-order valence-corrected chi connectivity index (χ1v) is 5.42. The summed E-state index contributed by atoms with van der Waals surface area (Å²) < 4.78 is 8.03. The monoisotopic (exact) mass is 202 g/mol. The minimum absolute atomic E-state index is 0.943. The Hall–Kier alpha value is -1.57. The van der Waals surface area contributed by atoms with Gasteiger partial charge >= 0.3 is 5.55 Å². The van der Waals surface area contributed by atoms with Gasteiger partial charge in [-0.1, -0.05) is 18.2 Å². The van der Waals surface area contributed by atoms with Crippen LogP contribution in [0.3, 0.4) is 0 Å². The molecule has 1 aromatic carbocycles. The zero-order valence-corrected chi connectivity index (χ0v) is 9.23. The van der Waals surface area contributed by atoms with E-state index >= 15 is 0 Å². The van der Waals surface area contributed by atoms with Crippen LogP contribution in [0.15, 0.2) is 40.8 Å². The third-order valence-corrected chi connectivity index (χ3v) is 2.61. The van der Waals surface area contributed by atoms with Crippen LogP contribution < -0.4 is 10.1 Å². The Bertz CT molecular complexity index is 519. The lowest BCUT2D eigenvalue weighted by atomic mass is 10.2. The van der Waals surface area contributed by atoms with Crippen LogP contribution in [0.5, 0.6) is 0 Å². The molecule has 0 aliphatic rings. The fraction of sp³-hybridized carbons (Fsp3) is 0.308. The van der Waals surface area contributed by atoms with Gasteiger partial charge in [0.2, 0.25) is 0 Å². The van der Waals surface area contributed by atoms with Crippen molar-refractivity contribution in [3.63, 3.8) is 0 Å². The number of hydrogen-bond donors (Lipinski definition) is 0. The molecular formula is C13H16NO+. The lowest BCUT2D eigenvalue weighted by molar-refractivity contribution is 0.455. The van der Waals surface area contributed by atoms with Crippen LogP contribution in [0.25, 0.3) is 11.0 Å². The fourth-order valence-electron chi connectivity index (χ4n) is 1.72. The summed E-state index contributed by atoms with van der Waals surface area (Å²) >= 11 is 0. The first-order chi connectivity index (χ1) is 7.35. The van der Waals surface area contributed by atoms with E-state index in [1.165, 1.54) is 0 Å². The van der Waals surface area contributed by atoms with Crippen LogP contribution in [0, 0.1) is 0 Å². The molecule has 0 radical (unpaired) electrons. The summed E-state index contributed by atoms with van der Waals surface area (Å²) in [5, 5.41) is 1.15. The van der Waals surface area contributed by atoms with Crippen LogP contribution in [0.4, 0.5) is 0 Å². The molecule has 0 bridgehead atoms. The van der Waals surface area contributed by atoms with Crippen LogP contribution in [-0.2, 0) is 0 Å². The lowest BCUT2D eigenvalue weighted by Crippen LogP contribution is -2.29. The van der Waals surface area contributed by atoms with Crippen LogP contribution in [0.2, 0.25) is 0 Å². The van der Waals surface area contributed by atoms with Crippen molar-refractivity contribution in [1.82, 2.24) is 4.58 Å². The first kappa shape index (κ1) is 9.97. The Labute approximate surface area is 89.5 Å². The number of benzene rings is 1. The van der Waals surface area contributed by atoms with Crippen molar-refractivity contribution in [1.29, 1.82) is 0 Å². The molecular weight excluding hydrogens is 186 g/mol. The van der Waals surface area contributed by atoms with Crippen molar-refractivity contribution in [2.45, 2.75) is 13.8 Å². The van der Waals surface area contributed by atoms with E-state index in [1.54, 1.807) is 0 Å². The van der Waals surface area contributed by atoms with Gasteiger partial charge in [-0.25, -0.2) is 0 Å². The Morgan fingerprint density at radius 1 is 1.00 bits per heavy atom. The van der Waals surface area contributed by atoms with Gasteiger partial charge in [-0.3, -0.25) is 0 Å². The zero-order chi connectivity index (χ0) is 10.7. The molecule has 1 heterocycles. The van der Waals surface area contributed by atoms with E-state index in [-0.39, 0.29) is 0 Å². The highest BCUT2D eigenvalue weighted by molar-refractivity contribution is 5.75. The molecule has 0 amide bonds. The van der Waals surface area contributed by atoms with Gasteiger partial charge in [0.15, 0.2) is 0 Å². The highest BCUT2D eigenvalue weighted by atomic mass is 16.3. The summed E-state index contributed by atoms with van der Waals surface area (Å²) in [6, 6.07) is 12.2. The van der Waals surface area contributed by atoms with Crippen molar-refractivity contribution < 1.29 is 4.42 Å². The Morgan fingerprint density at radius 3 is 2.47 bits per heavy atom. The number of nitrogens with zero attached hydrogens (tertiary/aromatic N) is 1. The second kappa shape index (κ2) is 4.30. The Kier molecular flexibility index (Phi) is 2.86. The smallest absolute Gasteiger partial charge is 0.367 e. The quantitative estimate of drug-likeness (QED) is 0.682. The van der Waals surface area contributed by atoms with Gasteiger partial charge in [-0.2, -0.15) is 4.58 Å². The second-order valence-electron chi connectivity index (χ2n) is 3.48. The minimum Gasteiger partial charge on any atom is -0.405 e. The van der Waals surface area contributed by atoms with Crippen molar-refractivity contribution in [2.75, 3.05) is 13.1 Å². The van der Waals surface area contributed by atoms with E-state index < -0.39 is 0 Å². The fourth-order valence-corrected chi connectivity index (χ4v) is 1.72. The normalized spacial score (nSPS) is 10.5. The standard InChI is InChI=1S/C13H16NO/c1-3-14(4-2)13-10-9-11-7-5-6-8-12(11)15-13/h5-10H,3-4H2,1-2H3/q+1. The molecule has 2 heteroatoms. The average molecular weight is 202 g/mol. The van der Waals surface area contributed by atoms with Gasteiger partial charge in [0, 0.05) is 5.39 Å². The number of hydrogen-bond acceptors (Lipinski definition) is 1. The molecule has 0 aliphatic heterocycles. The summed E-state index contributed by atoms with van der Waals surface area (Å²) in [5.74, 6) is 0. The highest BCUT2D eigenvalue weighted by Crippen LogP contribution is 2.09. The molecule has 1 aromatic heterocycles. The lowest BCUT2D eigenvalue weighted by Gasteiger charge is -1.97. The number of para-hydroxylation sites is 1. The molecule has 0 spiro atoms. The van der Waals surface area contributed by atoms with Crippen molar-refractivity contribution in [3.8, 4) is 0 Å². The van der Waals surface area contributed by atoms with Gasteiger partial charge in [0.05, 0.1) is 6.07 Å². The van der Waals surface area contributed by atoms with E-state index in [0.29, 0.717) is 0 Å². The van der Waals surface area contributed by atoms with Crippen LogP contribution in [-0.4, -0.2) is 13.1 Å². The summed E-state index contributed by atoms with van der Waals surface area (Å²) in [4.78, 5) is 0. The van der Waals surface area contributed by atoms with Crippen LogP contribution >= 0.6 is 0 Å². The molecule has 2 rings (SSSR count). The third kappa shape index (κ3) is 1.94. The molecule has 0 unspecified atom stereocenters. The molecule has 0 saturated carbocycles. The maximum Gasteiger partial charge on any atom is 0.367 e. The van der Waals surface area contributed by atoms with Crippen molar-refractivity contribution in [2.24, 2.45) is 0 Å². The third-order valence-electron chi connectivity index (χ3n) is 2.61. The number of rotatable bonds is 2. The van der Waals surface area contributed by atoms with Crippen LogP contribution in [0.1, 0.15) is 13.8 Å². The number of fused-ring (bicyclic) bond motifs is 1. The Balaban J connectivity index is 2.70. The van der Waals surface area contributed by atoms with Gasteiger partial charge < -0.3 is 4.42 Å². The van der Waals surface area contributed by atoms with Gasteiger partial charge in [-0.15, -0.1) is 0 Å². The predicted octanol–water partition coefficient (Wildman–Crippen LogP) is 2.24. The van der Waals surface area contributed by atoms with E-state index in [9.17, 15) is 0 Å². The van der Waals surface area contributed by atoms with Crippen molar-refractivity contribution >= 4 is 11.0 Å². The molecule has 0 atom stereocenters. The SMILES string of the molecule is CC[N+](CC)=c1ccc2ccccc2o1. The first-order valence-electron chi connectivity index (χ1n) is 5.42. The second-order valence-corrected chi connectivity index (χ2v) is 3.48. The van der Waals surface area contributed by atoms with E-state index in [2.05, 4.69) is 30.6 Å². The minimum atomic E-state index is 0.943. The van der Waals surface area contributed by atoms with E-state index in [0.717, 1.165) is 29.6 Å². The van der Waals surface area contributed by atoms with Gasteiger partial charge in [0.25, 0.3) is 0 Å². The summed E-state index contributed by atoms with van der Waals surface area (Å²) in [5.41, 5.74) is 1.89. The van der Waals surface area contributed by atoms with Crippen molar-refractivity contribution in [3.05, 3.63) is 42.0 Å². The maximum atomic E-state index is 5.83. The predicted molar refractivity (Wildman–Crippen MR) is 62.6 cm³/mol. The summed E-state index contributed by atoms with van der Waals surface area (Å²) in [6.07, 6.45) is 0. The summed E-state index contributed by atoms with van der Waals surface area (Å²) in [7, 11) is 0. The zero-order valence-electron chi connectivity index (χ0n) is 9.23.